The fourth-order valence-corrected chi connectivity index (χ4v) is 4.59. The maximum Gasteiger partial charge on any atom is 0.303 e. The molecule has 0 heterocycles. The molecule has 0 aliphatic heterocycles. The molecule has 42 heavy (non-hydrogen) atoms. The number of aliphatic hydroxyl groups excluding tert-OH is 3. The van der Waals surface area contributed by atoms with E-state index >= 15 is 0 Å². The molecule has 0 aromatic carbocycles. The Morgan fingerprint density at radius 3 is 0.952 bits per heavy atom. The largest absolute Gasteiger partial charge is 0.481 e. The molecule has 0 unspecified atom stereocenters. The standard InChI is InChI=1S/C18H36O2.C14H28O2.C3H8O3/c1-17(2)15-13-11-9-7-5-3-4-6-8-10-12-14-16-18(19)20;1-2-3-4-5-6-7-8-9-10-11-12-13-14(15)16;4-1-3(6)2-5/h17H,3-16H2,1-2H3,(H,19,20);2-13H2,1H3,(H,15,16);3-6H,1-2H2. The van der Waals surface area contributed by atoms with E-state index in [2.05, 4.69) is 20.8 Å². The van der Waals surface area contributed by atoms with Gasteiger partial charge in [-0.25, -0.2) is 0 Å². The van der Waals surface area contributed by atoms with E-state index in [4.69, 9.17) is 25.5 Å². The van der Waals surface area contributed by atoms with Gasteiger partial charge in [-0.2, -0.15) is 0 Å². The van der Waals surface area contributed by atoms with Gasteiger partial charge in [0.1, 0.15) is 6.10 Å². The van der Waals surface area contributed by atoms with Crippen LogP contribution in [0.5, 0.6) is 0 Å². The molecule has 0 atom stereocenters. The second kappa shape index (κ2) is 39.8. The van der Waals surface area contributed by atoms with Gasteiger partial charge in [-0.1, -0.05) is 162 Å². The number of hydrogen-bond acceptors (Lipinski definition) is 5. The van der Waals surface area contributed by atoms with Gasteiger partial charge in [-0.3, -0.25) is 9.59 Å². The highest BCUT2D eigenvalue weighted by Crippen LogP contribution is 2.14. The number of rotatable bonds is 29. The molecule has 0 rings (SSSR count). The molecular weight excluding hydrogens is 532 g/mol. The van der Waals surface area contributed by atoms with Crippen molar-refractivity contribution in [2.24, 2.45) is 5.92 Å². The van der Waals surface area contributed by atoms with Gasteiger partial charge in [-0.15, -0.1) is 0 Å². The lowest BCUT2D eigenvalue weighted by Gasteiger charge is -2.04. The highest BCUT2D eigenvalue weighted by Gasteiger charge is 1.99. The second-order valence-corrected chi connectivity index (χ2v) is 12.3. The smallest absolute Gasteiger partial charge is 0.303 e. The van der Waals surface area contributed by atoms with Crippen molar-refractivity contribution in [3.8, 4) is 0 Å². The molecule has 0 radical (unpaired) electrons. The number of unbranched alkanes of at least 4 members (excludes halogenated alkanes) is 21. The lowest BCUT2D eigenvalue weighted by molar-refractivity contribution is -0.138. The van der Waals surface area contributed by atoms with Crippen molar-refractivity contribution >= 4 is 11.9 Å². The van der Waals surface area contributed by atoms with Crippen LogP contribution in [0.25, 0.3) is 0 Å². The van der Waals surface area contributed by atoms with Crippen molar-refractivity contribution in [2.45, 2.75) is 194 Å². The fraction of sp³-hybridized carbons (Fsp3) is 0.943. The van der Waals surface area contributed by atoms with Gasteiger partial charge in [0, 0.05) is 12.8 Å². The average Bonchev–Trinajstić information content (AvgIpc) is 2.95. The molecule has 0 fully saturated rings. The van der Waals surface area contributed by atoms with E-state index in [9.17, 15) is 9.59 Å². The monoisotopic (exact) mass is 605 g/mol. The summed E-state index contributed by atoms with van der Waals surface area (Å²) in [7, 11) is 0. The Kier molecular flexibility index (Phi) is 42.9. The highest BCUT2D eigenvalue weighted by molar-refractivity contribution is 5.66. The normalized spacial score (nSPS) is 10.8. The van der Waals surface area contributed by atoms with E-state index in [0.29, 0.717) is 12.8 Å². The van der Waals surface area contributed by atoms with Crippen LogP contribution >= 0.6 is 0 Å². The lowest BCUT2D eigenvalue weighted by Crippen LogP contribution is -2.15. The minimum atomic E-state index is -0.954. The van der Waals surface area contributed by atoms with Crippen LogP contribution in [0.1, 0.15) is 188 Å². The first-order chi connectivity index (χ1) is 20.2. The second-order valence-electron chi connectivity index (χ2n) is 12.3. The summed E-state index contributed by atoms with van der Waals surface area (Å²) in [6, 6.07) is 0. The van der Waals surface area contributed by atoms with Gasteiger partial charge in [0.05, 0.1) is 13.2 Å². The summed E-state index contributed by atoms with van der Waals surface area (Å²) in [5.41, 5.74) is 0. The maximum atomic E-state index is 10.3. The molecule has 0 saturated carbocycles. The Morgan fingerprint density at radius 1 is 0.476 bits per heavy atom. The van der Waals surface area contributed by atoms with Crippen LogP contribution in [0.4, 0.5) is 0 Å². The van der Waals surface area contributed by atoms with Crippen LogP contribution in [-0.4, -0.2) is 56.8 Å². The van der Waals surface area contributed by atoms with Crippen molar-refractivity contribution < 1.29 is 35.1 Å². The van der Waals surface area contributed by atoms with Crippen molar-refractivity contribution in [1.82, 2.24) is 0 Å². The zero-order valence-electron chi connectivity index (χ0n) is 28.0. The van der Waals surface area contributed by atoms with Crippen LogP contribution in [-0.2, 0) is 9.59 Å². The number of carboxylic acid groups (broad SMARTS) is 2. The van der Waals surface area contributed by atoms with Gasteiger partial charge < -0.3 is 25.5 Å². The molecule has 7 nitrogen and oxygen atoms in total. The molecule has 0 saturated heterocycles. The van der Waals surface area contributed by atoms with Crippen molar-refractivity contribution in [3.05, 3.63) is 0 Å². The van der Waals surface area contributed by atoms with Crippen LogP contribution in [0.2, 0.25) is 0 Å². The van der Waals surface area contributed by atoms with Crippen molar-refractivity contribution in [2.75, 3.05) is 13.2 Å². The summed E-state index contributed by atoms with van der Waals surface area (Å²) in [5, 5.41) is 41.0. The zero-order chi connectivity index (χ0) is 32.1. The molecule has 0 aliphatic rings. The third-order valence-electron chi connectivity index (χ3n) is 7.34. The fourth-order valence-electron chi connectivity index (χ4n) is 4.59. The molecule has 7 heteroatoms. The predicted octanol–water partition coefficient (Wildman–Crippen LogP) is 9.29. The summed E-state index contributed by atoms with van der Waals surface area (Å²) in [5.74, 6) is -0.445. The molecule has 0 spiro atoms. The minimum Gasteiger partial charge on any atom is -0.481 e. The quantitative estimate of drug-likeness (QED) is 0.0537. The van der Waals surface area contributed by atoms with Gasteiger partial charge in [0.15, 0.2) is 0 Å². The molecule has 0 aromatic rings. The summed E-state index contributed by atoms with van der Waals surface area (Å²) in [4.78, 5) is 20.6. The Labute approximate surface area is 259 Å². The van der Waals surface area contributed by atoms with E-state index in [0.717, 1.165) is 31.6 Å². The first kappa shape index (κ1) is 45.3. The Hall–Kier alpha value is -1.18. The average molecular weight is 605 g/mol. The Bertz CT molecular complexity index is 521. The summed E-state index contributed by atoms with van der Waals surface area (Å²) >= 11 is 0. The van der Waals surface area contributed by atoms with Crippen LogP contribution in [0.15, 0.2) is 0 Å². The summed E-state index contributed by atoms with van der Waals surface area (Å²) < 4.78 is 0. The summed E-state index contributed by atoms with van der Waals surface area (Å²) in [6.45, 7) is 6.13. The molecule has 0 amide bonds. The van der Waals surface area contributed by atoms with Gasteiger partial charge in [-0.05, 0) is 18.8 Å². The van der Waals surface area contributed by atoms with Crippen LogP contribution in [0.3, 0.4) is 0 Å². The number of aliphatic carboxylic acids is 2. The van der Waals surface area contributed by atoms with Crippen LogP contribution in [0, 0.1) is 5.92 Å². The van der Waals surface area contributed by atoms with E-state index in [1.165, 1.54) is 128 Å². The molecular formula is C35H72O7. The molecule has 5 N–H and O–H groups in total. The van der Waals surface area contributed by atoms with E-state index in [1.54, 1.807) is 0 Å². The van der Waals surface area contributed by atoms with Gasteiger partial charge >= 0.3 is 11.9 Å². The lowest BCUT2D eigenvalue weighted by atomic mass is 10.0. The zero-order valence-corrected chi connectivity index (χ0v) is 28.0. The SMILES string of the molecule is CC(C)CCCCCCCCCCCCCCC(=O)O.CCCCCCCCCCCCCC(=O)O.OCC(O)CO. The predicted molar refractivity (Wildman–Crippen MR) is 176 cm³/mol. The van der Waals surface area contributed by atoms with Crippen molar-refractivity contribution in [3.63, 3.8) is 0 Å². The highest BCUT2D eigenvalue weighted by atomic mass is 16.4. The first-order valence-corrected chi connectivity index (χ1v) is 17.5. The molecule has 0 aliphatic carbocycles. The Morgan fingerprint density at radius 2 is 0.738 bits per heavy atom. The van der Waals surface area contributed by atoms with Gasteiger partial charge in [0.25, 0.3) is 0 Å². The van der Waals surface area contributed by atoms with Gasteiger partial charge in [0.2, 0.25) is 0 Å². The number of aliphatic hydroxyl groups is 3. The van der Waals surface area contributed by atoms with E-state index in [-0.39, 0.29) is 13.2 Å². The Balaban J connectivity index is -0.000000616. The number of hydrogen-bond donors (Lipinski definition) is 5. The minimum absolute atomic E-state index is 0.344. The maximum absolute atomic E-state index is 10.3. The molecule has 0 bridgehead atoms. The topological polar surface area (TPSA) is 135 Å². The van der Waals surface area contributed by atoms with Crippen LogP contribution < -0.4 is 0 Å². The summed E-state index contributed by atoms with van der Waals surface area (Å²) in [6.07, 6.45) is 30.7. The van der Waals surface area contributed by atoms with Crippen molar-refractivity contribution in [1.29, 1.82) is 0 Å². The number of carboxylic acids is 2. The molecule has 0 aromatic heterocycles. The number of carbonyl (C=O) groups is 2. The van der Waals surface area contributed by atoms with E-state index < -0.39 is 18.0 Å². The third kappa shape index (κ3) is 51.5. The molecule has 254 valence electrons. The van der Waals surface area contributed by atoms with E-state index in [1.807, 2.05) is 0 Å². The first-order valence-electron chi connectivity index (χ1n) is 17.5. The third-order valence-corrected chi connectivity index (χ3v) is 7.34.